The highest BCUT2D eigenvalue weighted by Crippen LogP contribution is 2.29. The van der Waals surface area contributed by atoms with Gasteiger partial charge in [-0.05, 0) is 31.0 Å². The maximum atomic E-state index is 9.20. The van der Waals surface area contributed by atoms with E-state index in [4.69, 9.17) is 9.47 Å². The SMILES string of the molecule is CC[C@@H](CO)NC(C)c1ccc(OC)c(OC)c1. The molecule has 0 fully saturated rings. The smallest absolute Gasteiger partial charge is 0.161 e. The molecule has 2 N–H and O–H groups in total. The molecule has 2 atom stereocenters. The van der Waals surface area contributed by atoms with Gasteiger partial charge in [-0.15, -0.1) is 0 Å². The summed E-state index contributed by atoms with van der Waals surface area (Å²) in [4.78, 5) is 0. The number of benzene rings is 1. The molecule has 1 aromatic carbocycles. The second kappa shape index (κ2) is 7.24. The van der Waals surface area contributed by atoms with Crippen molar-refractivity contribution in [1.29, 1.82) is 0 Å². The van der Waals surface area contributed by atoms with Crippen LogP contribution in [0.1, 0.15) is 31.9 Å². The Kier molecular flexibility index (Phi) is 5.95. The van der Waals surface area contributed by atoms with Crippen LogP contribution in [-0.4, -0.2) is 32.0 Å². The highest BCUT2D eigenvalue weighted by molar-refractivity contribution is 5.43. The Morgan fingerprint density at radius 2 is 1.89 bits per heavy atom. The highest BCUT2D eigenvalue weighted by atomic mass is 16.5. The summed E-state index contributed by atoms with van der Waals surface area (Å²) in [5, 5.41) is 12.6. The van der Waals surface area contributed by atoms with Gasteiger partial charge in [-0.2, -0.15) is 0 Å². The number of methoxy groups -OCH3 is 2. The second-order valence-corrected chi connectivity index (χ2v) is 4.29. The van der Waals surface area contributed by atoms with Crippen molar-refractivity contribution in [2.45, 2.75) is 32.4 Å². The lowest BCUT2D eigenvalue weighted by atomic mass is 10.1. The summed E-state index contributed by atoms with van der Waals surface area (Å²) in [5.74, 6) is 1.45. The summed E-state index contributed by atoms with van der Waals surface area (Å²) in [6.45, 7) is 4.27. The van der Waals surface area contributed by atoms with Gasteiger partial charge in [-0.1, -0.05) is 13.0 Å². The van der Waals surface area contributed by atoms with Gasteiger partial charge in [0.15, 0.2) is 11.5 Å². The molecule has 0 heterocycles. The van der Waals surface area contributed by atoms with E-state index in [2.05, 4.69) is 19.2 Å². The third kappa shape index (κ3) is 3.62. The zero-order valence-corrected chi connectivity index (χ0v) is 11.6. The van der Waals surface area contributed by atoms with Crippen LogP contribution in [0.15, 0.2) is 18.2 Å². The van der Waals surface area contributed by atoms with Crippen LogP contribution in [0.5, 0.6) is 11.5 Å². The maximum absolute atomic E-state index is 9.20. The maximum Gasteiger partial charge on any atom is 0.161 e. The number of aliphatic hydroxyl groups excluding tert-OH is 1. The first-order valence-corrected chi connectivity index (χ1v) is 6.25. The van der Waals surface area contributed by atoms with Crippen molar-refractivity contribution in [1.82, 2.24) is 5.32 Å². The molecule has 0 aliphatic rings. The molecular weight excluding hydrogens is 230 g/mol. The van der Waals surface area contributed by atoms with E-state index in [-0.39, 0.29) is 18.7 Å². The van der Waals surface area contributed by atoms with Crippen LogP contribution in [0, 0.1) is 0 Å². The van der Waals surface area contributed by atoms with Gasteiger partial charge in [0.2, 0.25) is 0 Å². The van der Waals surface area contributed by atoms with E-state index in [1.807, 2.05) is 18.2 Å². The van der Waals surface area contributed by atoms with E-state index in [0.717, 1.165) is 23.5 Å². The minimum absolute atomic E-state index is 0.119. The Morgan fingerprint density at radius 1 is 1.22 bits per heavy atom. The molecule has 4 heteroatoms. The van der Waals surface area contributed by atoms with Crippen molar-refractivity contribution in [3.05, 3.63) is 23.8 Å². The summed E-state index contributed by atoms with van der Waals surface area (Å²) in [7, 11) is 3.25. The quantitative estimate of drug-likeness (QED) is 0.781. The van der Waals surface area contributed by atoms with Crippen molar-refractivity contribution in [3.8, 4) is 11.5 Å². The van der Waals surface area contributed by atoms with Crippen LogP contribution in [0.3, 0.4) is 0 Å². The van der Waals surface area contributed by atoms with Gasteiger partial charge < -0.3 is 19.9 Å². The normalized spacial score (nSPS) is 14.1. The molecular formula is C14H23NO3. The molecule has 0 radical (unpaired) electrons. The average Bonchev–Trinajstić information content (AvgIpc) is 2.43. The predicted octanol–water partition coefficient (Wildman–Crippen LogP) is 2.13. The van der Waals surface area contributed by atoms with Crippen molar-refractivity contribution >= 4 is 0 Å². The van der Waals surface area contributed by atoms with Crippen LogP contribution in [0.25, 0.3) is 0 Å². The number of hydrogen-bond acceptors (Lipinski definition) is 4. The Labute approximate surface area is 109 Å². The molecule has 102 valence electrons. The second-order valence-electron chi connectivity index (χ2n) is 4.29. The molecule has 1 aromatic rings. The fourth-order valence-corrected chi connectivity index (χ4v) is 1.87. The molecule has 1 rings (SSSR count). The molecule has 0 aromatic heterocycles. The number of rotatable bonds is 7. The van der Waals surface area contributed by atoms with Crippen molar-refractivity contribution in [2.24, 2.45) is 0 Å². The Bertz CT molecular complexity index is 364. The summed E-state index contributed by atoms with van der Waals surface area (Å²) in [5.41, 5.74) is 1.11. The number of ether oxygens (including phenoxy) is 2. The van der Waals surface area contributed by atoms with Crippen LogP contribution in [-0.2, 0) is 0 Å². The summed E-state index contributed by atoms with van der Waals surface area (Å²) in [6, 6.07) is 6.13. The predicted molar refractivity (Wildman–Crippen MR) is 72.3 cm³/mol. The first-order chi connectivity index (χ1) is 8.65. The van der Waals surface area contributed by atoms with Gasteiger partial charge >= 0.3 is 0 Å². The molecule has 18 heavy (non-hydrogen) atoms. The van der Waals surface area contributed by atoms with Gasteiger partial charge in [0.05, 0.1) is 20.8 Å². The van der Waals surface area contributed by atoms with E-state index < -0.39 is 0 Å². The summed E-state index contributed by atoms with van der Waals surface area (Å²) < 4.78 is 10.5. The molecule has 0 bridgehead atoms. The van der Waals surface area contributed by atoms with E-state index in [1.54, 1.807) is 14.2 Å². The molecule has 4 nitrogen and oxygen atoms in total. The van der Waals surface area contributed by atoms with Gasteiger partial charge in [-0.25, -0.2) is 0 Å². The van der Waals surface area contributed by atoms with Crippen LogP contribution >= 0.6 is 0 Å². The first kappa shape index (κ1) is 14.8. The highest BCUT2D eigenvalue weighted by Gasteiger charge is 2.13. The standard InChI is InChI=1S/C14H23NO3/c1-5-12(9-16)15-10(2)11-6-7-13(17-3)14(8-11)18-4/h6-8,10,12,15-16H,5,9H2,1-4H3/t10?,12-/m0/s1. The third-order valence-electron chi connectivity index (χ3n) is 3.11. The lowest BCUT2D eigenvalue weighted by Gasteiger charge is -2.21. The third-order valence-corrected chi connectivity index (χ3v) is 3.11. The molecule has 0 aliphatic carbocycles. The van der Waals surface area contributed by atoms with Gasteiger partial charge in [0.1, 0.15) is 0 Å². The van der Waals surface area contributed by atoms with Gasteiger partial charge in [0.25, 0.3) is 0 Å². The first-order valence-electron chi connectivity index (χ1n) is 6.25. The van der Waals surface area contributed by atoms with Crippen molar-refractivity contribution < 1.29 is 14.6 Å². The summed E-state index contributed by atoms with van der Waals surface area (Å²) in [6.07, 6.45) is 0.897. The van der Waals surface area contributed by atoms with Crippen LogP contribution in [0.4, 0.5) is 0 Å². The minimum Gasteiger partial charge on any atom is -0.493 e. The van der Waals surface area contributed by atoms with E-state index in [1.165, 1.54) is 0 Å². The zero-order chi connectivity index (χ0) is 13.5. The number of nitrogens with one attached hydrogen (secondary N) is 1. The lowest BCUT2D eigenvalue weighted by molar-refractivity contribution is 0.230. The Hall–Kier alpha value is -1.26. The monoisotopic (exact) mass is 253 g/mol. The Morgan fingerprint density at radius 3 is 2.39 bits per heavy atom. The lowest BCUT2D eigenvalue weighted by Crippen LogP contribution is -2.33. The molecule has 1 unspecified atom stereocenters. The van der Waals surface area contributed by atoms with E-state index >= 15 is 0 Å². The largest absolute Gasteiger partial charge is 0.493 e. The molecule has 0 spiro atoms. The van der Waals surface area contributed by atoms with Crippen LogP contribution < -0.4 is 14.8 Å². The number of hydrogen-bond donors (Lipinski definition) is 2. The van der Waals surface area contributed by atoms with Gasteiger partial charge in [0, 0.05) is 12.1 Å². The van der Waals surface area contributed by atoms with E-state index in [9.17, 15) is 5.11 Å². The fraction of sp³-hybridized carbons (Fsp3) is 0.571. The van der Waals surface area contributed by atoms with Crippen molar-refractivity contribution in [3.63, 3.8) is 0 Å². The zero-order valence-electron chi connectivity index (χ0n) is 11.6. The molecule has 0 saturated heterocycles. The molecule has 0 aliphatic heterocycles. The van der Waals surface area contributed by atoms with Crippen molar-refractivity contribution in [2.75, 3.05) is 20.8 Å². The van der Waals surface area contributed by atoms with E-state index in [0.29, 0.717) is 0 Å². The average molecular weight is 253 g/mol. The Balaban J connectivity index is 2.82. The minimum atomic E-state index is 0.119. The fourth-order valence-electron chi connectivity index (χ4n) is 1.87. The number of aliphatic hydroxyl groups is 1. The summed E-state index contributed by atoms with van der Waals surface area (Å²) >= 11 is 0. The van der Waals surface area contributed by atoms with Gasteiger partial charge in [-0.3, -0.25) is 0 Å². The topological polar surface area (TPSA) is 50.7 Å². The molecule has 0 saturated carbocycles. The molecule has 0 amide bonds. The van der Waals surface area contributed by atoms with Crippen LogP contribution in [0.2, 0.25) is 0 Å².